The molecule has 0 aliphatic rings. The Bertz CT molecular complexity index is 546. The Labute approximate surface area is 114 Å². The minimum absolute atomic E-state index is 0.113. The van der Waals surface area contributed by atoms with Gasteiger partial charge >= 0.3 is 0 Å². The molecule has 1 unspecified atom stereocenters. The van der Waals surface area contributed by atoms with E-state index in [1.54, 1.807) is 14.0 Å². The van der Waals surface area contributed by atoms with Gasteiger partial charge in [0.05, 0.1) is 7.11 Å². The van der Waals surface area contributed by atoms with Gasteiger partial charge in [-0.1, -0.05) is 42.5 Å². The number of Topliss-reactive ketones (excluding diaryl/α,β-unsaturated/α-hetero) is 1. The Morgan fingerprint density at radius 3 is 2.47 bits per heavy atom. The Balaban J connectivity index is 2.27. The molecule has 98 valence electrons. The van der Waals surface area contributed by atoms with E-state index in [2.05, 4.69) is 12.1 Å². The zero-order chi connectivity index (χ0) is 13.7. The Morgan fingerprint density at radius 2 is 1.84 bits per heavy atom. The van der Waals surface area contributed by atoms with Crippen LogP contribution in [0, 0.1) is 0 Å². The third kappa shape index (κ3) is 3.44. The topological polar surface area (TPSA) is 26.3 Å². The first kappa shape index (κ1) is 13.3. The second-order valence-corrected chi connectivity index (χ2v) is 4.63. The second-order valence-electron chi connectivity index (χ2n) is 4.63. The molecule has 2 nitrogen and oxygen atoms in total. The largest absolute Gasteiger partial charge is 0.497 e. The maximum atomic E-state index is 11.9. The Kier molecular flexibility index (Phi) is 4.35. The summed E-state index contributed by atoms with van der Waals surface area (Å²) in [4.78, 5) is 11.9. The molecule has 1 atom stereocenters. The van der Waals surface area contributed by atoms with E-state index in [0.717, 1.165) is 17.7 Å². The summed E-state index contributed by atoms with van der Waals surface area (Å²) in [5, 5.41) is 0. The van der Waals surface area contributed by atoms with E-state index >= 15 is 0 Å². The summed E-state index contributed by atoms with van der Waals surface area (Å²) in [6, 6.07) is 17.8. The van der Waals surface area contributed by atoms with Crippen molar-refractivity contribution in [3.63, 3.8) is 0 Å². The fraction of sp³-hybridized carbons (Fsp3) is 0.235. The molecular weight excluding hydrogens is 236 g/mol. The predicted octanol–water partition coefficient (Wildman–Crippen LogP) is 3.61. The van der Waals surface area contributed by atoms with Crippen LogP contribution in [0.3, 0.4) is 0 Å². The molecule has 2 rings (SSSR count). The van der Waals surface area contributed by atoms with Crippen LogP contribution in [0.25, 0.3) is 0 Å². The molecule has 0 N–H and O–H groups in total. The van der Waals surface area contributed by atoms with Crippen molar-refractivity contribution in [3.8, 4) is 5.75 Å². The van der Waals surface area contributed by atoms with E-state index in [4.69, 9.17) is 4.74 Å². The van der Waals surface area contributed by atoms with Crippen molar-refractivity contribution in [2.45, 2.75) is 19.3 Å². The van der Waals surface area contributed by atoms with Gasteiger partial charge in [0.15, 0.2) is 0 Å². The molecule has 0 saturated carbocycles. The number of ether oxygens (including phenoxy) is 1. The molecule has 2 aromatic rings. The van der Waals surface area contributed by atoms with Gasteiger partial charge in [0, 0.05) is 5.92 Å². The highest BCUT2D eigenvalue weighted by Crippen LogP contribution is 2.25. The summed E-state index contributed by atoms with van der Waals surface area (Å²) < 4.78 is 5.22. The number of carbonyl (C=O) groups excluding carboxylic acids is 1. The minimum Gasteiger partial charge on any atom is -0.497 e. The van der Waals surface area contributed by atoms with Crippen LogP contribution in [-0.2, 0) is 11.2 Å². The van der Waals surface area contributed by atoms with Gasteiger partial charge in [-0.15, -0.1) is 0 Å². The average Bonchev–Trinajstić information content (AvgIpc) is 2.45. The highest BCUT2D eigenvalue weighted by Gasteiger charge is 2.17. The van der Waals surface area contributed by atoms with Crippen molar-refractivity contribution in [1.29, 1.82) is 0 Å². The predicted molar refractivity (Wildman–Crippen MR) is 76.6 cm³/mol. The number of hydrogen-bond donors (Lipinski definition) is 0. The summed E-state index contributed by atoms with van der Waals surface area (Å²) in [5.74, 6) is 0.853. The van der Waals surface area contributed by atoms with E-state index in [1.165, 1.54) is 5.56 Å². The lowest BCUT2D eigenvalue weighted by molar-refractivity contribution is -0.118. The zero-order valence-corrected chi connectivity index (χ0v) is 11.3. The number of carbonyl (C=O) groups is 1. The molecule has 0 saturated heterocycles. The molecule has 2 aromatic carbocycles. The number of rotatable bonds is 5. The first-order chi connectivity index (χ1) is 9.20. The van der Waals surface area contributed by atoms with Crippen LogP contribution in [0.2, 0.25) is 0 Å². The van der Waals surface area contributed by atoms with Crippen LogP contribution in [0.15, 0.2) is 54.6 Å². The molecule has 0 radical (unpaired) electrons. The van der Waals surface area contributed by atoms with Gasteiger partial charge in [0.1, 0.15) is 11.5 Å². The summed E-state index contributed by atoms with van der Waals surface area (Å²) in [6.07, 6.45) is 0.726. The van der Waals surface area contributed by atoms with Gasteiger partial charge in [-0.3, -0.25) is 4.79 Å². The lowest BCUT2D eigenvalue weighted by atomic mass is 9.89. The maximum absolute atomic E-state index is 11.9. The highest BCUT2D eigenvalue weighted by atomic mass is 16.5. The number of ketones is 1. The molecule has 0 bridgehead atoms. The molecule has 0 spiro atoms. The van der Waals surface area contributed by atoms with Crippen LogP contribution in [0.4, 0.5) is 0 Å². The zero-order valence-electron chi connectivity index (χ0n) is 11.3. The first-order valence-electron chi connectivity index (χ1n) is 6.39. The smallest absolute Gasteiger partial charge is 0.137 e. The van der Waals surface area contributed by atoms with E-state index < -0.39 is 0 Å². The standard InChI is InChI=1S/C17H18O2/c1-13(18)17(11-14-7-4-3-5-8-14)15-9-6-10-16(12-15)19-2/h3-10,12,17H,11H2,1-2H3. The number of methoxy groups -OCH3 is 1. The fourth-order valence-corrected chi connectivity index (χ4v) is 2.20. The van der Waals surface area contributed by atoms with Crippen LogP contribution in [0.1, 0.15) is 24.0 Å². The average molecular weight is 254 g/mol. The fourth-order valence-electron chi connectivity index (χ4n) is 2.20. The molecule has 2 heteroatoms. The van der Waals surface area contributed by atoms with Gasteiger partial charge in [0.25, 0.3) is 0 Å². The highest BCUT2D eigenvalue weighted by molar-refractivity contribution is 5.83. The van der Waals surface area contributed by atoms with Gasteiger partial charge in [-0.25, -0.2) is 0 Å². The summed E-state index contributed by atoms with van der Waals surface area (Å²) in [6.45, 7) is 1.65. The molecular formula is C17H18O2. The number of benzene rings is 2. The van der Waals surface area contributed by atoms with Crippen molar-refractivity contribution in [3.05, 3.63) is 65.7 Å². The van der Waals surface area contributed by atoms with Gasteiger partial charge in [0.2, 0.25) is 0 Å². The van der Waals surface area contributed by atoms with E-state index in [0.29, 0.717) is 0 Å². The number of hydrogen-bond acceptors (Lipinski definition) is 2. The van der Waals surface area contributed by atoms with Crippen molar-refractivity contribution in [2.24, 2.45) is 0 Å². The van der Waals surface area contributed by atoms with Crippen molar-refractivity contribution < 1.29 is 9.53 Å². The molecule has 0 aliphatic heterocycles. The molecule has 0 aliphatic carbocycles. The van der Waals surface area contributed by atoms with Crippen LogP contribution >= 0.6 is 0 Å². The Morgan fingerprint density at radius 1 is 1.11 bits per heavy atom. The molecule has 0 heterocycles. The normalized spacial score (nSPS) is 11.9. The SMILES string of the molecule is COc1cccc(C(Cc2ccccc2)C(C)=O)c1. The molecule has 0 amide bonds. The molecule has 19 heavy (non-hydrogen) atoms. The van der Waals surface area contributed by atoms with E-state index in [-0.39, 0.29) is 11.7 Å². The summed E-state index contributed by atoms with van der Waals surface area (Å²) in [5.41, 5.74) is 2.18. The Hall–Kier alpha value is -2.09. The lowest BCUT2D eigenvalue weighted by Crippen LogP contribution is -2.12. The van der Waals surface area contributed by atoms with Crippen LogP contribution < -0.4 is 4.74 Å². The molecule has 0 aromatic heterocycles. The summed E-state index contributed by atoms with van der Waals surface area (Å²) in [7, 11) is 1.64. The van der Waals surface area contributed by atoms with Gasteiger partial charge < -0.3 is 4.74 Å². The first-order valence-corrected chi connectivity index (χ1v) is 6.39. The maximum Gasteiger partial charge on any atom is 0.137 e. The second kappa shape index (κ2) is 6.19. The monoisotopic (exact) mass is 254 g/mol. The van der Waals surface area contributed by atoms with Crippen LogP contribution in [0.5, 0.6) is 5.75 Å². The van der Waals surface area contributed by atoms with Crippen molar-refractivity contribution in [2.75, 3.05) is 7.11 Å². The summed E-state index contributed by atoms with van der Waals surface area (Å²) >= 11 is 0. The van der Waals surface area contributed by atoms with E-state index in [1.807, 2.05) is 42.5 Å². The van der Waals surface area contributed by atoms with Crippen LogP contribution in [-0.4, -0.2) is 12.9 Å². The van der Waals surface area contributed by atoms with E-state index in [9.17, 15) is 4.79 Å². The lowest BCUT2D eigenvalue weighted by Gasteiger charge is -2.15. The van der Waals surface area contributed by atoms with Crippen molar-refractivity contribution in [1.82, 2.24) is 0 Å². The van der Waals surface area contributed by atoms with Crippen molar-refractivity contribution >= 4 is 5.78 Å². The third-order valence-electron chi connectivity index (χ3n) is 3.27. The minimum atomic E-state index is -0.113. The quantitative estimate of drug-likeness (QED) is 0.814. The molecule has 0 fully saturated rings. The van der Waals surface area contributed by atoms with Gasteiger partial charge in [-0.05, 0) is 36.6 Å². The van der Waals surface area contributed by atoms with Gasteiger partial charge in [-0.2, -0.15) is 0 Å². The third-order valence-corrected chi connectivity index (χ3v) is 3.27.